The minimum absolute atomic E-state index is 0.0102. The van der Waals surface area contributed by atoms with Crippen molar-refractivity contribution in [3.63, 3.8) is 0 Å². The lowest BCUT2D eigenvalue weighted by atomic mass is 9.92. The van der Waals surface area contributed by atoms with E-state index in [2.05, 4.69) is 0 Å². The van der Waals surface area contributed by atoms with Crippen LogP contribution in [0.15, 0.2) is 42.5 Å². The fourth-order valence-electron chi connectivity index (χ4n) is 2.66. The molecule has 2 N–H and O–H groups in total. The maximum Gasteiger partial charge on any atom is 0.306 e. The summed E-state index contributed by atoms with van der Waals surface area (Å²) in [6.45, 7) is 0. The molecule has 1 fully saturated rings. The van der Waals surface area contributed by atoms with Crippen molar-refractivity contribution in [3.05, 3.63) is 64.2 Å². The van der Waals surface area contributed by atoms with Crippen molar-refractivity contribution in [2.45, 2.75) is 18.9 Å². The zero-order chi connectivity index (χ0) is 17.3. The van der Waals surface area contributed by atoms with Crippen molar-refractivity contribution < 1.29 is 19.1 Å². The second-order valence-corrected chi connectivity index (χ2v) is 5.87. The number of anilines is 1. The van der Waals surface area contributed by atoms with Crippen molar-refractivity contribution in [3.8, 4) is 0 Å². The number of carbonyl (C=O) groups is 3. The molecule has 1 heterocycles. The number of nitrogens with two attached hydrogens (primary N) is 1. The first-order valence-electron chi connectivity index (χ1n) is 7.40. The van der Waals surface area contributed by atoms with Gasteiger partial charge >= 0.3 is 5.97 Å². The van der Waals surface area contributed by atoms with E-state index in [-0.39, 0.29) is 40.5 Å². The number of rotatable bonds is 4. The maximum absolute atomic E-state index is 12.8. The SMILES string of the molecule is Nc1c(Cl)ccc(C(=O)c2ccccc2)c1C(=O)C1CCC(=O)O1. The third kappa shape index (κ3) is 2.90. The molecule has 1 aliphatic heterocycles. The Hall–Kier alpha value is -2.66. The molecule has 0 bridgehead atoms. The van der Waals surface area contributed by atoms with Gasteiger partial charge in [-0.2, -0.15) is 0 Å². The van der Waals surface area contributed by atoms with Gasteiger partial charge in [-0.05, 0) is 12.1 Å². The number of halogens is 1. The van der Waals surface area contributed by atoms with E-state index in [0.717, 1.165) is 0 Å². The number of benzene rings is 2. The van der Waals surface area contributed by atoms with Crippen LogP contribution in [0.2, 0.25) is 5.02 Å². The van der Waals surface area contributed by atoms with Crippen molar-refractivity contribution in [2.75, 3.05) is 5.73 Å². The van der Waals surface area contributed by atoms with Crippen LogP contribution in [0, 0.1) is 0 Å². The summed E-state index contributed by atoms with van der Waals surface area (Å²) in [5, 5.41) is 0.173. The monoisotopic (exact) mass is 343 g/mol. The summed E-state index contributed by atoms with van der Waals surface area (Å²) in [5.74, 6) is -1.28. The number of nitrogen functional groups attached to an aromatic ring is 1. The van der Waals surface area contributed by atoms with Crippen molar-refractivity contribution in [2.24, 2.45) is 0 Å². The van der Waals surface area contributed by atoms with Crippen molar-refractivity contribution in [1.82, 2.24) is 0 Å². The van der Waals surface area contributed by atoms with E-state index in [1.165, 1.54) is 12.1 Å². The van der Waals surface area contributed by atoms with Gasteiger partial charge in [-0.15, -0.1) is 0 Å². The molecule has 1 saturated heterocycles. The first-order chi connectivity index (χ1) is 11.5. The Morgan fingerprint density at radius 3 is 2.46 bits per heavy atom. The first-order valence-corrected chi connectivity index (χ1v) is 7.78. The second-order valence-electron chi connectivity index (χ2n) is 5.46. The minimum atomic E-state index is -0.930. The first kappa shape index (κ1) is 16.2. The van der Waals surface area contributed by atoms with Gasteiger partial charge in [0.05, 0.1) is 16.3 Å². The van der Waals surface area contributed by atoms with Crippen LogP contribution in [-0.4, -0.2) is 23.6 Å². The van der Waals surface area contributed by atoms with E-state index < -0.39 is 17.9 Å². The number of ketones is 2. The van der Waals surface area contributed by atoms with Crippen molar-refractivity contribution in [1.29, 1.82) is 0 Å². The van der Waals surface area contributed by atoms with Crippen LogP contribution in [-0.2, 0) is 9.53 Å². The standard InChI is InChI=1S/C18H14ClNO4/c19-12-7-6-11(17(22)10-4-2-1-3-5-10)15(16(12)20)18(23)13-8-9-14(21)24-13/h1-7,13H,8-9,20H2. The Morgan fingerprint density at radius 2 is 1.83 bits per heavy atom. The van der Waals surface area contributed by atoms with E-state index in [4.69, 9.17) is 22.1 Å². The zero-order valence-corrected chi connectivity index (χ0v) is 13.4. The number of esters is 1. The fourth-order valence-corrected chi connectivity index (χ4v) is 2.82. The van der Waals surface area contributed by atoms with Crippen LogP contribution in [0.5, 0.6) is 0 Å². The summed E-state index contributed by atoms with van der Waals surface area (Å²) < 4.78 is 5.01. The largest absolute Gasteiger partial charge is 0.454 e. The van der Waals surface area contributed by atoms with Crippen LogP contribution in [0.25, 0.3) is 0 Å². The van der Waals surface area contributed by atoms with Crippen LogP contribution < -0.4 is 5.73 Å². The highest BCUT2D eigenvalue weighted by molar-refractivity contribution is 6.35. The third-order valence-electron chi connectivity index (χ3n) is 3.90. The average Bonchev–Trinajstić information content (AvgIpc) is 3.03. The Kier molecular flexibility index (Phi) is 4.36. The molecule has 0 aliphatic carbocycles. The lowest BCUT2D eigenvalue weighted by Crippen LogP contribution is -2.24. The van der Waals surface area contributed by atoms with Gasteiger partial charge in [-0.1, -0.05) is 41.9 Å². The molecular weight excluding hydrogens is 330 g/mol. The normalized spacial score (nSPS) is 16.7. The van der Waals surface area contributed by atoms with Gasteiger partial charge in [-0.25, -0.2) is 0 Å². The topological polar surface area (TPSA) is 86.5 Å². The van der Waals surface area contributed by atoms with Gasteiger partial charge in [0.25, 0.3) is 0 Å². The number of hydrogen-bond donors (Lipinski definition) is 1. The highest BCUT2D eigenvalue weighted by Gasteiger charge is 2.34. The lowest BCUT2D eigenvalue weighted by molar-refractivity contribution is -0.140. The molecule has 122 valence electrons. The molecule has 0 saturated carbocycles. The number of cyclic esters (lactones) is 1. The summed E-state index contributed by atoms with van der Waals surface area (Å²) in [7, 11) is 0. The van der Waals surface area contributed by atoms with E-state index in [1.54, 1.807) is 30.3 Å². The number of carbonyl (C=O) groups excluding carboxylic acids is 3. The molecular formula is C18H14ClNO4. The number of Topliss-reactive ketones (excluding diaryl/α,β-unsaturated/α-hetero) is 1. The van der Waals surface area contributed by atoms with Gasteiger partial charge in [0.2, 0.25) is 5.78 Å². The molecule has 24 heavy (non-hydrogen) atoms. The molecule has 2 aromatic carbocycles. The summed E-state index contributed by atoms with van der Waals surface area (Å²) in [6, 6.07) is 11.5. The molecule has 0 aromatic heterocycles. The Bertz CT molecular complexity index is 832. The molecule has 3 rings (SSSR count). The smallest absolute Gasteiger partial charge is 0.306 e. The van der Waals surface area contributed by atoms with Gasteiger partial charge in [-0.3, -0.25) is 14.4 Å². The second kappa shape index (κ2) is 6.45. The van der Waals surface area contributed by atoms with Crippen LogP contribution in [0.1, 0.15) is 39.1 Å². The summed E-state index contributed by atoms with van der Waals surface area (Å²) in [6.07, 6.45) is -0.498. The predicted octanol–water partition coefficient (Wildman–Crippen LogP) is 3.04. The molecule has 1 aliphatic rings. The van der Waals surface area contributed by atoms with Gasteiger partial charge in [0.15, 0.2) is 11.9 Å². The maximum atomic E-state index is 12.8. The van der Waals surface area contributed by atoms with Crippen LogP contribution in [0.4, 0.5) is 5.69 Å². The van der Waals surface area contributed by atoms with Crippen LogP contribution >= 0.6 is 11.6 Å². The molecule has 2 aromatic rings. The molecule has 6 heteroatoms. The van der Waals surface area contributed by atoms with Gasteiger partial charge in [0.1, 0.15) is 0 Å². The summed E-state index contributed by atoms with van der Waals surface area (Å²) in [4.78, 5) is 36.8. The number of ether oxygens (including phenoxy) is 1. The molecule has 1 unspecified atom stereocenters. The Morgan fingerprint density at radius 1 is 1.12 bits per heavy atom. The molecule has 0 amide bonds. The van der Waals surface area contributed by atoms with E-state index >= 15 is 0 Å². The molecule has 0 spiro atoms. The fraction of sp³-hybridized carbons (Fsp3) is 0.167. The number of hydrogen-bond acceptors (Lipinski definition) is 5. The predicted molar refractivity (Wildman–Crippen MR) is 89.2 cm³/mol. The van der Waals surface area contributed by atoms with Gasteiger partial charge in [0, 0.05) is 24.0 Å². The Balaban J connectivity index is 2.07. The van der Waals surface area contributed by atoms with Crippen molar-refractivity contribution >= 4 is 34.8 Å². The highest BCUT2D eigenvalue weighted by atomic mass is 35.5. The molecule has 1 atom stereocenters. The summed E-state index contributed by atoms with van der Waals surface area (Å²) in [5.41, 5.74) is 6.56. The molecule has 5 nitrogen and oxygen atoms in total. The minimum Gasteiger partial charge on any atom is -0.454 e. The lowest BCUT2D eigenvalue weighted by Gasteiger charge is -2.15. The van der Waals surface area contributed by atoms with Gasteiger partial charge < -0.3 is 10.5 Å². The zero-order valence-electron chi connectivity index (χ0n) is 12.6. The van der Waals surface area contributed by atoms with Crippen LogP contribution in [0.3, 0.4) is 0 Å². The highest BCUT2D eigenvalue weighted by Crippen LogP contribution is 2.31. The van der Waals surface area contributed by atoms with E-state index in [0.29, 0.717) is 5.56 Å². The molecule has 0 radical (unpaired) electrons. The average molecular weight is 344 g/mol. The van der Waals surface area contributed by atoms with E-state index in [1.807, 2.05) is 0 Å². The summed E-state index contributed by atoms with van der Waals surface area (Å²) >= 11 is 6.02. The van der Waals surface area contributed by atoms with E-state index in [9.17, 15) is 14.4 Å². The quantitative estimate of drug-likeness (QED) is 0.524. The third-order valence-corrected chi connectivity index (χ3v) is 4.23. The Labute approximate surface area is 143 Å².